The minimum absolute atomic E-state index is 0.00168. The van der Waals surface area contributed by atoms with Crippen molar-refractivity contribution in [3.8, 4) is 11.6 Å². The Labute approximate surface area is 123 Å². The van der Waals surface area contributed by atoms with Gasteiger partial charge in [0, 0.05) is 18.5 Å². The third-order valence-electron chi connectivity index (χ3n) is 2.71. The third kappa shape index (κ3) is 3.02. The quantitative estimate of drug-likeness (QED) is 0.649. The summed E-state index contributed by atoms with van der Waals surface area (Å²) >= 11 is 0.990. The molecule has 112 valence electrons. The minimum atomic E-state index is -1.07. The van der Waals surface area contributed by atoms with Crippen LogP contribution in [0.4, 0.5) is 5.69 Å². The van der Waals surface area contributed by atoms with E-state index in [0.29, 0.717) is 12.1 Å². The number of carboxylic acid groups (broad SMARTS) is 1. The molecule has 8 nitrogen and oxygen atoms in total. The molecule has 0 aliphatic rings. The Kier molecular flexibility index (Phi) is 4.22. The summed E-state index contributed by atoms with van der Waals surface area (Å²) in [5.74, 6) is -0.828. The second-order valence-electron chi connectivity index (χ2n) is 4.29. The van der Waals surface area contributed by atoms with Crippen LogP contribution in [-0.4, -0.2) is 25.8 Å². The summed E-state index contributed by atoms with van der Waals surface area (Å²) < 4.78 is 6.76. The van der Waals surface area contributed by atoms with E-state index in [1.807, 2.05) is 6.92 Å². The lowest BCUT2D eigenvalue weighted by molar-refractivity contribution is -0.386. The zero-order valence-electron chi connectivity index (χ0n) is 11.4. The number of aryl methyl sites for hydroxylation is 2. The zero-order chi connectivity index (χ0) is 15.6. The number of hydrogen-bond donors (Lipinski definition) is 1. The first kappa shape index (κ1) is 15.0. The molecular weight excluding hydrogens is 298 g/mol. The average molecular weight is 311 g/mol. The van der Waals surface area contributed by atoms with Gasteiger partial charge in [0.15, 0.2) is 0 Å². The molecule has 0 spiro atoms. The maximum Gasteiger partial charge on any atom is 0.353 e. The third-order valence-corrected chi connectivity index (χ3v) is 3.61. The lowest BCUT2D eigenvalue weighted by Crippen LogP contribution is -1.97. The van der Waals surface area contributed by atoms with Crippen molar-refractivity contribution in [2.75, 3.05) is 0 Å². The molecule has 1 N–H and O–H groups in total. The maximum absolute atomic E-state index is 11.2. The number of thiophene rings is 1. The van der Waals surface area contributed by atoms with Crippen LogP contribution >= 0.6 is 11.3 Å². The van der Waals surface area contributed by atoms with Crippen LogP contribution in [0.3, 0.4) is 0 Å². The molecule has 2 rings (SSSR count). The van der Waals surface area contributed by atoms with Gasteiger partial charge in [-0.25, -0.2) is 9.48 Å². The fourth-order valence-corrected chi connectivity index (χ4v) is 2.49. The van der Waals surface area contributed by atoms with Crippen molar-refractivity contribution in [1.82, 2.24) is 9.78 Å². The molecule has 0 fully saturated rings. The van der Waals surface area contributed by atoms with Gasteiger partial charge in [-0.05, 0) is 6.42 Å². The Morgan fingerprint density at radius 3 is 2.86 bits per heavy atom. The molecule has 0 unspecified atom stereocenters. The zero-order valence-corrected chi connectivity index (χ0v) is 12.2. The summed E-state index contributed by atoms with van der Waals surface area (Å²) in [6, 6.07) is 1.32. The highest BCUT2D eigenvalue weighted by Gasteiger charge is 2.28. The second-order valence-corrected chi connectivity index (χ2v) is 5.20. The topological polar surface area (TPSA) is 107 Å². The Morgan fingerprint density at radius 1 is 1.62 bits per heavy atom. The van der Waals surface area contributed by atoms with Crippen LogP contribution in [0, 0.1) is 10.1 Å². The lowest BCUT2D eigenvalue weighted by Gasteiger charge is -2.02. The highest BCUT2D eigenvalue weighted by atomic mass is 32.1. The predicted molar refractivity (Wildman–Crippen MR) is 75.2 cm³/mol. The van der Waals surface area contributed by atoms with Gasteiger partial charge in [0.05, 0.1) is 4.92 Å². The van der Waals surface area contributed by atoms with E-state index in [9.17, 15) is 14.9 Å². The van der Waals surface area contributed by atoms with Crippen molar-refractivity contribution in [2.45, 2.75) is 19.8 Å². The largest absolute Gasteiger partial charge is 0.477 e. The van der Waals surface area contributed by atoms with Gasteiger partial charge in [0.1, 0.15) is 16.3 Å². The average Bonchev–Trinajstić information content (AvgIpc) is 2.96. The molecule has 21 heavy (non-hydrogen) atoms. The Bertz CT molecular complexity index is 691. The first-order valence-electron chi connectivity index (χ1n) is 6.14. The summed E-state index contributed by atoms with van der Waals surface area (Å²) in [5, 5.41) is 25.7. The van der Waals surface area contributed by atoms with E-state index in [1.165, 1.54) is 16.1 Å². The molecule has 0 saturated heterocycles. The van der Waals surface area contributed by atoms with Gasteiger partial charge in [-0.15, -0.1) is 11.3 Å². The van der Waals surface area contributed by atoms with Gasteiger partial charge in [0.2, 0.25) is 0 Å². The van der Waals surface area contributed by atoms with Crippen molar-refractivity contribution >= 4 is 23.0 Å². The highest BCUT2D eigenvalue weighted by molar-refractivity contribution is 7.12. The Hall–Kier alpha value is -2.42. The molecular formula is C12H13N3O5S. The number of ether oxygens (including phenoxy) is 1. The van der Waals surface area contributed by atoms with E-state index < -0.39 is 10.9 Å². The molecule has 0 aromatic carbocycles. The summed E-state index contributed by atoms with van der Waals surface area (Å²) in [6.07, 6.45) is 1.19. The van der Waals surface area contributed by atoms with Crippen LogP contribution in [0.2, 0.25) is 0 Å². The van der Waals surface area contributed by atoms with E-state index in [2.05, 4.69) is 5.10 Å². The highest BCUT2D eigenvalue weighted by Crippen LogP contribution is 2.36. The van der Waals surface area contributed by atoms with Gasteiger partial charge in [-0.2, -0.15) is 5.10 Å². The van der Waals surface area contributed by atoms with E-state index >= 15 is 0 Å². The Balaban J connectivity index is 2.38. The standard InChI is InChI=1S/C12H13N3O5S/c1-3-4-8-10(15(18)19)11(14(2)13-8)20-7-5-9(12(16)17)21-6-7/h5-6H,3-4H2,1-2H3,(H,16,17). The smallest absolute Gasteiger partial charge is 0.353 e. The molecule has 2 aromatic rings. The molecule has 0 bridgehead atoms. The van der Waals surface area contributed by atoms with Gasteiger partial charge in [-0.1, -0.05) is 13.3 Å². The van der Waals surface area contributed by atoms with Gasteiger partial charge < -0.3 is 9.84 Å². The summed E-state index contributed by atoms with van der Waals surface area (Å²) in [4.78, 5) is 21.6. The fraction of sp³-hybridized carbons (Fsp3) is 0.333. The van der Waals surface area contributed by atoms with Crippen LogP contribution in [0.1, 0.15) is 28.7 Å². The van der Waals surface area contributed by atoms with E-state index in [0.717, 1.165) is 17.8 Å². The van der Waals surface area contributed by atoms with Crippen molar-refractivity contribution in [1.29, 1.82) is 0 Å². The normalized spacial score (nSPS) is 10.6. The van der Waals surface area contributed by atoms with Crippen LogP contribution in [0.15, 0.2) is 11.4 Å². The molecule has 2 heterocycles. The number of rotatable bonds is 6. The van der Waals surface area contributed by atoms with Gasteiger partial charge in [0.25, 0.3) is 5.88 Å². The van der Waals surface area contributed by atoms with E-state index in [-0.39, 0.29) is 22.2 Å². The predicted octanol–water partition coefficient (Wildman–Crippen LogP) is 2.83. The maximum atomic E-state index is 11.2. The number of nitrogens with zero attached hydrogens (tertiary/aromatic N) is 3. The van der Waals surface area contributed by atoms with E-state index in [1.54, 1.807) is 7.05 Å². The summed E-state index contributed by atoms with van der Waals surface area (Å²) in [7, 11) is 1.55. The fourth-order valence-electron chi connectivity index (χ4n) is 1.85. The summed E-state index contributed by atoms with van der Waals surface area (Å²) in [5.41, 5.74) is 0.177. The summed E-state index contributed by atoms with van der Waals surface area (Å²) in [6.45, 7) is 1.90. The van der Waals surface area contributed by atoms with E-state index in [4.69, 9.17) is 9.84 Å². The molecule has 0 aliphatic heterocycles. The monoisotopic (exact) mass is 311 g/mol. The molecule has 9 heteroatoms. The molecule has 0 aliphatic carbocycles. The van der Waals surface area contributed by atoms with Crippen LogP contribution in [0.25, 0.3) is 0 Å². The molecule has 0 radical (unpaired) electrons. The molecule has 2 aromatic heterocycles. The number of aromatic carboxylic acids is 1. The SMILES string of the molecule is CCCc1nn(C)c(Oc2csc(C(=O)O)c2)c1[N+](=O)[O-]. The Morgan fingerprint density at radius 2 is 2.33 bits per heavy atom. The van der Waals surface area contributed by atoms with Gasteiger partial charge >= 0.3 is 11.7 Å². The lowest BCUT2D eigenvalue weighted by atomic mass is 10.2. The molecule has 0 amide bonds. The van der Waals surface area contributed by atoms with Crippen LogP contribution in [-0.2, 0) is 13.5 Å². The number of carboxylic acids is 1. The first-order chi connectivity index (χ1) is 9.93. The van der Waals surface area contributed by atoms with Crippen LogP contribution < -0.4 is 4.74 Å². The first-order valence-corrected chi connectivity index (χ1v) is 7.02. The van der Waals surface area contributed by atoms with Crippen molar-refractivity contribution < 1.29 is 19.6 Å². The van der Waals surface area contributed by atoms with Gasteiger partial charge in [-0.3, -0.25) is 10.1 Å². The minimum Gasteiger partial charge on any atom is -0.477 e. The van der Waals surface area contributed by atoms with Crippen molar-refractivity contribution in [2.24, 2.45) is 7.05 Å². The van der Waals surface area contributed by atoms with Crippen molar-refractivity contribution in [3.05, 3.63) is 32.1 Å². The second kappa shape index (κ2) is 5.92. The molecule has 0 atom stereocenters. The number of hydrogen-bond acceptors (Lipinski definition) is 6. The van der Waals surface area contributed by atoms with Crippen LogP contribution in [0.5, 0.6) is 11.6 Å². The number of nitro groups is 1. The number of aromatic nitrogens is 2. The van der Waals surface area contributed by atoms with Crippen molar-refractivity contribution in [3.63, 3.8) is 0 Å². The number of carbonyl (C=O) groups is 1. The molecule has 0 saturated carbocycles.